The van der Waals surface area contributed by atoms with Crippen LogP contribution in [0.5, 0.6) is 0 Å². The van der Waals surface area contributed by atoms with Gasteiger partial charge in [-0.1, -0.05) is 13.8 Å². The maximum atomic E-state index is 5.48. The van der Waals surface area contributed by atoms with Gasteiger partial charge in [0.15, 0.2) is 0 Å². The second kappa shape index (κ2) is 2.55. The Morgan fingerprint density at radius 1 is 1.50 bits per heavy atom. The van der Waals surface area contributed by atoms with Crippen LogP contribution in [-0.4, -0.2) is 19.8 Å². The van der Waals surface area contributed by atoms with Gasteiger partial charge in [-0.2, -0.15) is 0 Å². The zero-order valence-corrected chi connectivity index (χ0v) is 7.18. The lowest BCUT2D eigenvalue weighted by molar-refractivity contribution is -0.0257. The van der Waals surface area contributed by atoms with Gasteiger partial charge in [-0.25, -0.2) is 0 Å². The summed E-state index contributed by atoms with van der Waals surface area (Å²) in [5, 5.41) is 0. The largest absolute Gasteiger partial charge is 0.453 e. The van der Waals surface area contributed by atoms with Crippen LogP contribution >= 0.6 is 0 Å². The molecule has 0 aromatic heterocycles. The fourth-order valence-electron chi connectivity index (χ4n) is 0.960. The highest BCUT2D eigenvalue weighted by Gasteiger charge is 2.35. The van der Waals surface area contributed by atoms with E-state index in [0.29, 0.717) is 6.10 Å². The molecule has 0 N–H and O–H groups in total. The van der Waals surface area contributed by atoms with E-state index < -0.39 is 0 Å². The molecule has 1 fully saturated rings. The summed E-state index contributed by atoms with van der Waals surface area (Å²) in [7, 11) is -0.0250. The molecule has 1 unspecified atom stereocenters. The van der Waals surface area contributed by atoms with Gasteiger partial charge in [-0.3, -0.25) is 0 Å². The maximum Gasteiger partial charge on any atom is 0.453 e. The van der Waals surface area contributed by atoms with Crippen molar-refractivity contribution >= 4 is 7.12 Å². The standard InChI is InChI=1S/C7H15BO2/c1-6-7(2,3)5-9-8(4)10-6/h6H,5H2,1-4H3. The Labute approximate surface area is 63.0 Å². The molecule has 0 radical (unpaired) electrons. The van der Waals surface area contributed by atoms with Crippen molar-refractivity contribution in [3.8, 4) is 0 Å². The Bertz CT molecular complexity index is 125. The summed E-state index contributed by atoms with van der Waals surface area (Å²) >= 11 is 0. The van der Waals surface area contributed by atoms with Crippen molar-refractivity contribution in [2.75, 3.05) is 6.61 Å². The lowest BCUT2D eigenvalue weighted by Crippen LogP contribution is -2.45. The van der Waals surface area contributed by atoms with Crippen molar-refractivity contribution in [3.63, 3.8) is 0 Å². The Hall–Kier alpha value is -0.0151. The van der Waals surface area contributed by atoms with Crippen LogP contribution < -0.4 is 0 Å². The maximum absolute atomic E-state index is 5.48. The molecule has 1 rings (SSSR count). The fraction of sp³-hybridized carbons (Fsp3) is 1.00. The highest BCUT2D eigenvalue weighted by Crippen LogP contribution is 2.28. The minimum atomic E-state index is -0.0250. The molecule has 1 saturated heterocycles. The molecule has 1 heterocycles. The third-order valence-electron chi connectivity index (χ3n) is 2.19. The molecule has 1 aliphatic heterocycles. The number of rotatable bonds is 0. The molecule has 0 aromatic carbocycles. The molecule has 1 atom stereocenters. The van der Waals surface area contributed by atoms with E-state index in [1.54, 1.807) is 0 Å². The molecule has 0 amide bonds. The zero-order valence-electron chi connectivity index (χ0n) is 7.18. The van der Waals surface area contributed by atoms with Gasteiger partial charge in [0.25, 0.3) is 0 Å². The first-order valence-corrected chi connectivity index (χ1v) is 3.79. The molecule has 58 valence electrons. The summed E-state index contributed by atoms with van der Waals surface area (Å²) in [4.78, 5) is 0. The lowest BCUT2D eigenvalue weighted by Gasteiger charge is -2.38. The smallest absolute Gasteiger partial charge is 0.411 e. The van der Waals surface area contributed by atoms with Crippen LogP contribution in [0.25, 0.3) is 0 Å². The molecule has 0 saturated carbocycles. The van der Waals surface area contributed by atoms with E-state index in [4.69, 9.17) is 9.31 Å². The summed E-state index contributed by atoms with van der Waals surface area (Å²) < 4.78 is 10.8. The summed E-state index contributed by atoms with van der Waals surface area (Å²) in [6, 6.07) is 0. The van der Waals surface area contributed by atoms with Crippen molar-refractivity contribution in [1.82, 2.24) is 0 Å². The molecule has 0 aromatic rings. The van der Waals surface area contributed by atoms with Gasteiger partial charge >= 0.3 is 7.12 Å². The van der Waals surface area contributed by atoms with Gasteiger partial charge in [0.05, 0.1) is 0 Å². The van der Waals surface area contributed by atoms with Crippen molar-refractivity contribution in [2.24, 2.45) is 5.41 Å². The summed E-state index contributed by atoms with van der Waals surface area (Å²) in [5.41, 5.74) is 0.173. The molecular formula is C7H15BO2. The van der Waals surface area contributed by atoms with E-state index in [2.05, 4.69) is 20.8 Å². The molecule has 0 aliphatic carbocycles. The van der Waals surface area contributed by atoms with Gasteiger partial charge in [0, 0.05) is 18.1 Å². The third-order valence-corrected chi connectivity index (χ3v) is 2.19. The molecule has 1 aliphatic rings. The van der Waals surface area contributed by atoms with Crippen LogP contribution in [0.2, 0.25) is 6.82 Å². The monoisotopic (exact) mass is 142 g/mol. The van der Waals surface area contributed by atoms with Gasteiger partial charge in [-0.05, 0) is 13.7 Å². The van der Waals surface area contributed by atoms with Crippen LogP contribution in [0.1, 0.15) is 20.8 Å². The summed E-state index contributed by atoms with van der Waals surface area (Å²) in [6.07, 6.45) is 0.302. The second-order valence-corrected chi connectivity index (χ2v) is 3.65. The van der Waals surface area contributed by atoms with Gasteiger partial charge in [0.2, 0.25) is 0 Å². The Morgan fingerprint density at radius 2 is 2.10 bits per heavy atom. The Balaban J connectivity index is 2.52. The first kappa shape index (κ1) is 8.09. The number of hydrogen-bond acceptors (Lipinski definition) is 2. The summed E-state index contributed by atoms with van der Waals surface area (Å²) in [5.74, 6) is 0. The molecule has 0 spiro atoms. The van der Waals surface area contributed by atoms with Crippen molar-refractivity contribution in [3.05, 3.63) is 0 Å². The van der Waals surface area contributed by atoms with Crippen LogP contribution in [0, 0.1) is 5.41 Å². The van der Waals surface area contributed by atoms with Gasteiger partial charge < -0.3 is 9.31 Å². The zero-order chi connectivity index (χ0) is 7.78. The van der Waals surface area contributed by atoms with Crippen LogP contribution in [-0.2, 0) is 9.31 Å². The third kappa shape index (κ3) is 1.52. The van der Waals surface area contributed by atoms with E-state index in [9.17, 15) is 0 Å². The van der Waals surface area contributed by atoms with Crippen LogP contribution in [0.4, 0.5) is 0 Å². The molecule has 2 nitrogen and oxygen atoms in total. The predicted molar refractivity (Wildman–Crippen MR) is 41.9 cm³/mol. The van der Waals surface area contributed by atoms with Crippen molar-refractivity contribution in [2.45, 2.75) is 33.7 Å². The van der Waals surface area contributed by atoms with Crippen LogP contribution in [0.15, 0.2) is 0 Å². The Morgan fingerprint density at radius 3 is 2.50 bits per heavy atom. The average molecular weight is 142 g/mol. The SMILES string of the molecule is CB1OCC(C)(C)C(C)O1. The molecule has 0 bridgehead atoms. The highest BCUT2D eigenvalue weighted by molar-refractivity contribution is 6.42. The van der Waals surface area contributed by atoms with Crippen LogP contribution in [0.3, 0.4) is 0 Å². The first-order valence-electron chi connectivity index (χ1n) is 3.79. The Kier molecular flexibility index (Phi) is 2.06. The van der Waals surface area contributed by atoms with Crippen molar-refractivity contribution in [1.29, 1.82) is 0 Å². The van der Waals surface area contributed by atoms with E-state index in [1.807, 2.05) is 6.82 Å². The van der Waals surface area contributed by atoms with Gasteiger partial charge in [0.1, 0.15) is 0 Å². The minimum absolute atomic E-state index is 0.0250. The van der Waals surface area contributed by atoms with Crippen molar-refractivity contribution < 1.29 is 9.31 Å². The second-order valence-electron chi connectivity index (χ2n) is 3.65. The van der Waals surface area contributed by atoms with E-state index >= 15 is 0 Å². The average Bonchev–Trinajstić information content (AvgIpc) is 1.81. The molecule has 3 heteroatoms. The summed E-state index contributed by atoms with van der Waals surface area (Å²) in [6.45, 7) is 9.15. The van der Waals surface area contributed by atoms with E-state index in [1.165, 1.54) is 0 Å². The molecule has 10 heavy (non-hydrogen) atoms. The van der Waals surface area contributed by atoms with E-state index in [0.717, 1.165) is 6.61 Å². The molecular weight excluding hydrogens is 127 g/mol. The topological polar surface area (TPSA) is 18.5 Å². The lowest BCUT2D eigenvalue weighted by atomic mass is 9.81. The number of hydrogen-bond donors (Lipinski definition) is 0. The van der Waals surface area contributed by atoms with E-state index in [-0.39, 0.29) is 12.5 Å². The minimum Gasteiger partial charge on any atom is -0.411 e. The quantitative estimate of drug-likeness (QED) is 0.478. The van der Waals surface area contributed by atoms with Gasteiger partial charge in [-0.15, -0.1) is 0 Å². The fourth-order valence-corrected chi connectivity index (χ4v) is 0.960. The normalized spacial score (nSPS) is 32.4. The predicted octanol–water partition coefficient (Wildman–Crippen LogP) is 1.57. The first-order chi connectivity index (χ1) is 4.52. The highest BCUT2D eigenvalue weighted by atomic mass is 16.6.